The van der Waals surface area contributed by atoms with Gasteiger partial charge in [-0.3, -0.25) is 0 Å². The van der Waals surface area contributed by atoms with Gasteiger partial charge in [0.2, 0.25) is 0 Å². The normalized spacial score (nSPS) is 27.2. The van der Waals surface area contributed by atoms with Gasteiger partial charge in [-0.1, -0.05) is 68.3 Å². The van der Waals surface area contributed by atoms with Crippen molar-refractivity contribution >= 4 is 0 Å². The smallest absolute Gasteiger partial charge is 0.154 e. The van der Waals surface area contributed by atoms with Gasteiger partial charge in [0.05, 0.1) is 32.5 Å². The number of hydrogen-bond donors (Lipinski definition) is 0. The van der Waals surface area contributed by atoms with E-state index < -0.39 is 0 Å². The average molecular weight is 577 g/mol. The molecule has 2 unspecified atom stereocenters. The fraction of sp³-hybridized carbons (Fsp3) is 0.657. The SMILES string of the molecule is CC1CCC(C)OC1.CC1COC(C)OC1.CC1COC(C)OC1.Cc1ccc(C)c(F)c1.Cc1ccc(C)cc1. The topological polar surface area (TPSA) is 46.2 Å². The van der Waals surface area contributed by atoms with Gasteiger partial charge in [0.1, 0.15) is 5.82 Å². The van der Waals surface area contributed by atoms with Gasteiger partial charge in [-0.15, -0.1) is 0 Å². The van der Waals surface area contributed by atoms with Gasteiger partial charge in [0.25, 0.3) is 0 Å². The highest BCUT2D eigenvalue weighted by Gasteiger charge is 2.15. The number of benzene rings is 2. The molecule has 3 heterocycles. The molecule has 0 radical (unpaired) electrons. The van der Waals surface area contributed by atoms with Crippen LogP contribution in [-0.2, 0) is 23.7 Å². The van der Waals surface area contributed by atoms with Crippen LogP contribution in [0.1, 0.15) is 76.6 Å². The van der Waals surface area contributed by atoms with Crippen LogP contribution in [0.2, 0.25) is 0 Å². The predicted octanol–water partition coefficient (Wildman–Crippen LogP) is 8.60. The third kappa shape index (κ3) is 19.1. The van der Waals surface area contributed by atoms with Gasteiger partial charge >= 0.3 is 0 Å². The van der Waals surface area contributed by atoms with Crippen LogP contribution in [0.5, 0.6) is 0 Å². The van der Waals surface area contributed by atoms with Gasteiger partial charge < -0.3 is 23.7 Å². The van der Waals surface area contributed by atoms with Crippen molar-refractivity contribution in [2.45, 2.75) is 101 Å². The lowest BCUT2D eigenvalue weighted by molar-refractivity contribution is -0.187. The minimum atomic E-state index is -0.116. The highest BCUT2D eigenvalue weighted by Crippen LogP contribution is 2.17. The van der Waals surface area contributed by atoms with Crippen molar-refractivity contribution in [1.29, 1.82) is 0 Å². The van der Waals surface area contributed by atoms with Crippen LogP contribution >= 0.6 is 0 Å². The molecular formula is C35H57FO5. The number of hydrogen-bond acceptors (Lipinski definition) is 5. The summed E-state index contributed by atoms with van der Waals surface area (Å²) in [6, 6.07) is 13.7. The molecule has 6 heteroatoms. The van der Waals surface area contributed by atoms with Gasteiger partial charge in [-0.25, -0.2) is 4.39 Å². The van der Waals surface area contributed by atoms with E-state index in [9.17, 15) is 4.39 Å². The number of halogens is 1. The van der Waals surface area contributed by atoms with E-state index in [2.05, 4.69) is 65.8 Å². The maximum Gasteiger partial charge on any atom is 0.154 e. The van der Waals surface area contributed by atoms with Crippen molar-refractivity contribution in [3.63, 3.8) is 0 Å². The minimum Gasteiger partial charge on any atom is -0.378 e. The van der Waals surface area contributed by atoms with Crippen LogP contribution < -0.4 is 0 Å². The third-order valence-corrected chi connectivity index (χ3v) is 6.74. The summed E-state index contributed by atoms with van der Waals surface area (Å²) in [6.07, 6.45) is 3.16. The van der Waals surface area contributed by atoms with E-state index in [0.717, 1.165) is 44.5 Å². The molecule has 5 rings (SSSR count). The Morgan fingerprint density at radius 3 is 1.20 bits per heavy atom. The molecule has 0 saturated carbocycles. The predicted molar refractivity (Wildman–Crippen MR) is 167 cm³/mol. The molecule has 0 spiro atoms. The van der Waals surface area contributed by atoms with Crippen LogP contribution in [0.25, 0.3) is 0 Å². The molecule has 0 aliphatic carbocycles. The monoisotopic (exact) mass is 576 g/mol. The van der Waals surface area contributed by atoms with E-state index in [1.54, 1.807) is 13.0 Å². The van der Waals surface area contributed by atoms with Crippen molar-refractivity contribution in [2.75, 3.05) is 33.0 Å². The lowest BCUT2D eigenvalue weighted by Crippen LogP contribution is -2.27. The molecule has 2 atom stereocenters. The van der Waals surface area contributed by atoms with Crippen molar-refractivity contribution in [3.05, 3.63) is 70.5 Å². The van der Waals surface area contributed by atoms with E-state index in [1.807, 2.05) is 26.8 Å². The first-order chi connectivity index (χ1) is 19.3. The molecule has 2 aromatic rings. The van der Waals surface area contributed by atoms with Crippen LogP contribution in [0.15, 0.2) is 42.5 Å². The highest BCUT2D eigenvalue weighted by atomic mass is 19.1. The summed E-state index contributed by atoms with van der Waals surface area (Å²) >= 11 is 0. The van der Waals surface area contributed by atoms with E-state index in [1.165, 1.54) is 30.0 Å². The Labute approximate surface area is 250 Å². The third-order valence-electron chi connectivity index (χ3n) is 6.74. The molecule has 0 N–H and O–H groups in total. The van der Waals surface area contributed by atoms with Gasteiger partial charge in [0.15, 0.2) is 12.6 Å². The molecule has 0 aromatic heterocycles. The minimum absolute atomic E-state index is 0.0196. The first-order valence-corrected chi connectivity index (χ1v) is 15.2. The summed E-state index contributed by atoms with van der Waals surface area (Å²) in [4.78, 5) is 0. The number of ether oxygens (including phenoxy) is 5. The Morgan fingerprint density at radius 1 is 0.512 bits per heavy atom. The average Bonchev–Trinajstić information content (AvgIpc) is 2.94. The molecule has 3 aliphatic heterocycles. The first kappa shape index (κ1) is 37.2. The van der Waals surface area contributed by atoms with E-state index in [4.69, 9.17) is 23.7 Å². The number of aryl methyl sites for hydroxylation is 4. The Balaban J connectivity index is 0.000000256. The van der Waals surface area contributed by atoms with Crippen LogP contribution in [0.4, 0.5) is 4.39 Å². The van der Waals surface area contributed by atoms with Crippen LogP contribution in [0, 0.1) is 51.3 Å². The van der Waals surface area contributed by atoms with Crippen LogP contribution in [-0.4, -0.2) is 51.7 Å². The van der Waals surface area contributed by atoms with Crippen molar-refractivity contribution < 1.29 is 28.1 Å². The second-order valence-electron chi connectivity index (χ2n) is 11.9. The van der Waals surface area contributed by atoms with Gasteiger partial charge in [-0.2, -0.15) is 0 Å². The molecule has 0 bridgehead atoms. The summed E-state index contributed by atoms with van der Waals surface area (Å²) in [5.41, 5.74) is 4.34. The number of rotatable bonds is 0. The summed E-state index contributed by atoms with van der Waals surface area (Å²) < 4.78 is 38.6. The largest absolute Gasteiger partial charge is 0.378 e. The van der Waals surface area contributed by atoms with Crippen molar-refractivity contribution in [1.82, 2.24) is 0 Å². The van der Waals surface area contributed by atoms with Gasteiger partial charge in [-0.05, 0) is 84.4 Å². The zero-order chi connectivity index (χ0) is 30.8. The zero-order valence-corrected chi connectivity index (χ0v) is 27.4. The Morgan fingerprint density at radius 2 is 0.902 bits per heavy atom. The standard InChI is InChI=1S/C8H9F.C8H10.C7H14O.2C6H12O2/c1-6-3-4-7(2)8(9)5-6;1-7-3-5-8(2)6-4-7;1-6-3-4-7(2)8-5-6;2*1-5-3-7-6(2)8-4-5/h3-5H,1-2H3;3-6H,1-2H3;6-7H,3-5H2,1-2H3;2*5-6H,3-4H2,1-2H3. The van der Waals surface area contributed by atoms with Gasteiger partial charge in [0, 0.05) is 18.4 Å². The Hall–Kier alpha value is -1.83. The molecule has 5 nitrogen and oxygen atoms in total. The molecule has 0 amide bonds. The summed E-state index contributed by atoms with van der Waals surface area (Å²) in [6.45, 7) is 24.7. The molecule has 234 valence electrons. The summed E-state index contributed by atoms with van der Waals surface area (Å²) in [5, 5.41) is 0. The van der Waals surface area contributed by atoms with Crippen LogP contribution in [0.3, 0.4) is 0 Å². The van der Waals surface area contributed by atoms with E-state index >= 15 is 0 Å². The zero-order valence-electron chi connectivity index (χ0n) is 27.4. The summed E-state index contributed by atoms with van der Waals surface area (Å²) in [5.74, 6) is 1.83. The first-order valence-electron chi connectivity index (χ1n) is 15.2. The second-order valence-corrected chi connectivity index (χ2v) is 11.9. The summed E-state index contributed by atoms with van der Waals surface area (Å²) in [7, 11) is 0. The quantitative estimate of drug-likeness (QED) is 0.314. The molecule has 3 saturated heterocycles. The molecule has 3 fully saturated rings. The van der Waals surface area contributed by atoms with Crippen molar-refractivity contribution in [2.24, 2.45) is 17.8 Å². The highest BCUT2D eigenvalue weighted by molar-refractivity contribution is 5.21. The fourth-order valence-electron chi connectivity index (χ4n) is 3.74. The molecule has 2 aromatic carbocycles. The Bertz CT molecular complexity index is 812. The maximum atomic E-state index is 12.6. The molecule has 3 aliphatic rings. The molecular weight excluding hydrogens is 519 g/mol. The Kier molecular flexibility index (Phi) is 19.0. The lowest BCUT2D eigenvalue weighted by Gasteiger charge is -2.24. The van der Waals surface area contributed by atoms with E-state index in [-0.39, 0.29) is 18.4 Å². The maximum absolute atomic E-state index is 12.6. The lowest BCUT2D eigenvalue weighted by atomic mass is 10.0. The molecule has 41 heavy (non-hydrogen) atoms. The fourth-order valence-corrected chi connectivity index (χ4v) is 3.74. The van der Waals surface area contributed by atoms with Crippen molar-refractivity contribution in [3.8, 4) is 0 Å². The van der Waals surface area contributed by atoms with E-state index in [0.29, 0.717) is 23.5 Å². The second kappa shape index (κ2) is 21.0.